The van der Waals surface area contributed by atoms with Crippen molar-refractivity contribution < 1.29 is 9.59 Å². The Morgan fingerprint density at radius 3 is 2.27 bits per heavy atom. The van der Waals surface area contributed by atoms with Crippen molar-refractivity contribution in [1.29, 1.82) is 0 Å². The number of benzene rings is 2. The van der Waals surface area contributed by atoms with Crippen molar-refractivity contribution in [3.05, 3.63) is 78.5 Å². The van der Waals surface area contributed by atoms with Gasteiger partial charge in [0.15, 0.2) is 0 Å². The summed E-state index contributed by atoms with van der Waals surface area (Å²) in [7, 11) is 0. The average Bonchev–Trinajstić information content (AvgIpc) is 3.22. The molecule has 1 aromatic heterocycles. The van der Waals surface area contributed by atoms with E-state index in [-0.39, 0.29) is 18.4 Å². The number of nitrogens with zero attached hydrogens (tertiary/aromatic N) is 3. The van der Waals surface area contributed by atoms with Crippen molar-refractivity contribution in [2.45, 2.75) is 13.8 Å². The second kappa shape index (κ2) is 10.2. The number of likely N-dealkylation sites (N-methyl/N-ethyl adjacent to an activating group) is 1. The average molecular weight is 402 g/mol. The lowest BCUT2D eigenvalue weighted by Gasteiger charge is -2.18. The zero-order valence-corrected chi connectivity index (χ0v) is 17.3. The van der Waals surface area contributed by atoms with E-state index in [1.54, 1.807) is 15.7 Å². The number of aromatic nitrogens is 2. The summed E-state index contributed by atoms with van der Waals surface area (Å²) in [6.07, 6.45) is 5.06. The second-order valence-electron chi connectivity index (χ2n) is 6.70. The van der Waals surface area contributed by atoms with Crippen LogP contribution in [0.4, 0.5) is 0 Å². The lowest BCUT2D eigenvalue weighted by molar-refractivity contribution is -0.131. The van der Waals surface area contributed by atoms with E-state index < -0.39 is 0 Å². The maximum absolute atomic E-state index is 12.2. The molecule has 3 aromatic rings. The normalized spacial score (nSPS) is 10.9. The van der Waals surface area contributed by atoms with Gasteiger partial charge in [0, 0.05) is 36.5 Å². The molecule has 2 amide bonds. The molecule has 6 nitrogen and oxygen atoms in total. The second-order valence-corrected chi connectivity index (χ2v) is 6.70. The van der Waals surface area contributed by atoms with Gasteiger partial charge in [0.2, 0.25) is 11.8 Å². The van der Waals surface area contributed by atoms with Gasteiger partial charge < -0.3 is 10.2 Å². The van der Waals surface area contributed by atoms with E-state index >= 15 is 0 Å². The highest BCUT2D eigenvalue weighted by Crippen LogP contribution is 2.24. The number of rotatable bonds is 8. The van der Waals surface area contributed by atoms with Gasteiger partial charge in [-0.05, 0) is 32.1 Å². The Labute approximate surface area is 176 Å². The van der Waals surface area contributed by atoms with E-state index in [1.165, 1.54) is 6.08 Å². The minimum Gasteiger partial charge on any atom is -0.343 e. The van der Waals surface area contributed by atoms with Gasteiger partial charge in [0.1, 0.15) is 0 Å². The summed E-state index contributed by atoms with van der Waals surface area (Å²) in [5.41, 5.74) is 3.49. The number of carbonyl (C=O) groups excluding carboxylic acids is 2. The molecule has 3 rings (SSSR count). The van der Waals surface area contributed by atoms with Crippen LogP contribution in [0.15, 0.2) is 72.9 Å². The van der Waals surface area contributed by atoms with E-state index in [4.69, 9.17) is 5.10 Å². The highest BCUT2D eigenvalue weighted by atomic mass is 16.2. The molecule has 1 heterocycles. The molecule has 30 heavy (non-hydrogen) atoms. The highest BCUT2D eigenvalue weighted by Gasteiger charge is 2.12. The van der Waals surface area contributed by atoms with Crippen molar-refractivity contribution in [2.75, 3.05) is 19.6 Å². The summed E-state index contributed by atoms with van der Waals surface area (Å²) < 4.78 is 1.80. The standard InChI is InChI=1S/C24H26N4O2/c1-3-27(4-2)23(30)17-25-22(29)16-15-20-18-28(21-13-9-6-10-14-21)26-24(20)19-11-7-5-8-12-19/h5-16,18H,3-4,17H2,1-2H3,(H,25,29)/b16-15+. The fourth-order valence-electron chi connectivity index (χ4n) is 3.12. The number of amides is 2. The summed E-state index contributed by atoms with van der Waals surface area (Å²) in [6, 6.07) is 19.6. The molecule has 0 atom stereocenters. The quantitative estimate of drug-likeness (QED) is 0.586. The van der Waals surface area contributed by atoms with Crippen molar-refractivity contribution >= 4 is 17.9 Å². The van der Waals surface area contributed by atoms with E-state index in [0.29, 0.717) is 13.1 Å². The Morgan fingerprint density at radius 2 is 1.63 bits per heavy atom. The van der Waals surface area contributed by atoms with Gasteiger partial charge in [-0.15, -0.1) is 0 Å². The molecule has 1 N–H and O–H groups in total. The van der Waals surface area contributed by atoms with E-state index in [0.717, 1.165) is 22.5 Å². The largest absolute Gasteiger partial charge is 0.343 e. The van der Waals surface area contributed by atoms with Crippen LogP contribution in [0.25, 0.3) is 23.0 Å². The Balaban J connectivity index is 1.79. The maximum Gasteiger partial charge on any atom is 0.244 e. The monoisotopic (exact) mass is 402 g/mol. The van der Waals surface area contributed by atoms with E-state index in [9.17, 15) is 9.59 Å². The number of hydrogen-bond acceptors (Lipinski definition) is 3. The zero-order valence-electron chi connectivity index (χ0n) is 17.3. The van der Waals surface area contributed by atoms with Gasteiger partial charge in [-0.25, -0.2) is 4.68 Å². The Hall–Kier alpha value is -3.67. The Bertz CT molecular complexity index is 1010. The molecule has 0 aliphatic carbocycles. The zero-order chi connectivity index (χ0) is 21.3. The van der Waals surface area contributed by atoms with Crippen LogP contribution in [-0.2, 0) is 9.59 Å². The van der Waals surface area contributed by atoms with Gasteiger partial charge in [0.25, 0.3) is 0 Å². The number of hydrogen-bond donors (Lipinski definition) is 1. The Kier molecular flexibility index (Phi) is 7.16. The SMILES string of the molecule is CCN(CC)C(=O)CNC(=O)/C=C/c1cn(-c2ccccc2)nc1-c1ccccc1. The summed E-state index contributed by atoms with van der Waals surface area (Å²) in [5.74, 6) is -0.411. The predicted octanol–water partition coefficient (Wildman–Crippen LogP) is 3.54. The highest BCUT2D eigenvalue weighted by molar-refractivity contribution is 5.95. The first-order valence-corrected chi connectivity index (χ1v) is 10.1. The van der Waals surface area contributed by atoms with Crippen LogP contribution < -0.4 is 5.32 Å². The number of carbonyl (C=O) groups is 2. The first kappa shape index (κ1) is 21.0. The van der Waals surface area contributed by atoms with Crippen molar-refractivity contribution in [3.63, 3.8) is 0 Å². The summed E-state index contributed by atoms with van der Waals surface area (Å²) in [4.78, 5) is 26.0. The van der Waals surface area contributed by atoms with Crippen molar-refractivity contribution in [2.24, 2.45) is 0 Å². The van der Waals surface area contributed by atoms with Gasteiger partial charge in [-0.3, -0.25) is 9.59 Å². The van der Waals surface area contributed by atoms with Crippen LogP contribution in [0.3, 0.4) is 0 Å². The lowest BCUT2D eigenvalue weighted by atomic mass is 10.1. The molecule has 6 heteroatoms. The summed E-state index contributed by atoms with van der Waals surface area (Å²) >= 11 is 0. The molecule has 0 spiro atoms. The Morgan fingerprint density at radius 1 is 1.00 bits per heavy atom. The smallest absolute Gasteiger partial charge is 0.244 e. The fourth-order valence-corrected chi connectivity index (χ4v) is 3.12. The third-order valence-corrected chi connectivity index (χ3v) is 4.75. The molecular formula is C24H26N4O2. The van der Waals surface area contributed by atoms with Crippen molar-refractivity contribution in [3.8, 4) is 16.9 Å². The lowest BCUT2D eigenvalue weighted by Crippen LogP contribution is -2.39. The number of para-hydroxylation sites is 1. The number of nitrogens with one attached hydrogen (secondary N) is 1. The minimum absolute atomic E-state index is 0.0142. The summed E-state index contributed by atoms with van der Waals surface area (Å²) in [5, 5.41) is 7.38. The minimum atomic E-state index is -0.318. The predicted molar refractivity (Wildman–Crippen MR) is 119 cm³/mol. The molecule has 0 saturated carbocycles. The first-order valence-electron chi connectivity index (χ1n) is 10.1. The molecular weight excluding hydrogens is 376 g/mol. The van der Waals surface area contributed by atoms with Crippen molar-refractivity contribution in [1.82, 2.24) is 20.0 Å². The molecule has 154 valence electrons. The molecule has 0 fully saturated rings. The van der Waals surface area contributed by atoms with Gasteiger partial charge >= 0.3 is 0 Å². The fraction of sp³-hybridized carbons (Fsp3) is 0.208. The van der Waals surface area contributed by atoms with Crippen LogP contribution in [0, 0.1) is 0 Å². The molecule has 2 aromatic carbocycles. The third-order valence-electron chi connectivity index (χ3n) is 4.75. The third kappa shape index (κ3) is 5.23. The molecule has 0 bridgehead atoms. The van der Waals surface area contributed by atoms with E-state index in [2.05, 4.69) is 5.32 Å². The maximum atomic E-state index is 12.2. The van der Waals surface area contributed by atoms with Crippen LogP contribution in [-0.4, -0.2) is 46.1 Å². The molecule has 0 unspecified atom stereocenters. The van der Waals surface area contributed by atoms with Crippen LogP contribution in [0.1, 0.15) is 19.4 Å². The van der Waals surface area contributed by atoms with Crippen LogP contribution in [0.5, 0.6) is 0 Å². The molecule has 0 aliphatic rings. The molecule has 0 radical (unpaired) electrons. The molecule has 0 aliphatic heterocycles. The van der Waals surface area contributed by atoms with Gasteiger partial charge in [0.05, 0.1) is 17.9 Å². The van der Waals surface area contributed by atoms with Gasteiger partial charge in [-0.1, -0.05) is 48.5 Å². The van der Waals surface area contributed by atoms with E-state index in [1.807, 2.05) is 80.7 Å². The van der Waals surface area contributed by atoms with Crippen LogP contribution >= 0.6 is 0 Å². The van der Waals surface area contributed by atoms with Crippen LogP contribution in [0.2, 0.25) is 0 Å². The molecule has 0 saturated heterocycles. The summed E-state index contributed by atoms with van der Waals surface area (Å²) in [6.45, 7) is 5.07. The van der Waals surface area contributed by atoms with Gasteiger partial charge in [-0.2, -0.15) is 5.10 Å². The topological polar surface area (TPSA) is 67.2 Å². The first-order chi connectivity index (χ1) is 14.6.